The van der Waals surface area contributed by atoms with Gasteiger partial charge in [-0.15, -0.1) is 0 Å². The van der Waals surface area contributed by atoms with Crippen LogP contribution in [0, 0.1) is 0 Å². The quantitative estimate of drug-likeness (QED) is 0.238. The number of carbonyl (C=O) groups excluding carboxylic acids is 4. The zero-order chi connectivity index (χ0) is 21.4. The molecule has 1 amide bonds. The first-order chi connectivity index (χ1) is 13.3. The van der Waals surface area contributed by atoms with Crippen molar-refractivity contribution in [3.8, 4) is 0 Å². The van der Waals surface area contributed by atoms with Gasteiger partial charge < -0.3 is 34.6 Å². The summed E-state index contributed by atoms with van der Waals surface area (Å²) in [7, 11) is 0. The van der Waals surface area contributed by atoms with Crippen LogP contribution < -0.4 is 15.3 Å². The molecule has 0 rings (SSSR count). The fraction of sp³-hybridized carbons (Fsp3) is 0.789. The summed E-state index contributed by atoms with van der Waals surface area (Å²) in [6, 6.07) is 0. The van der Waals surface area contributed by atoms with E-state index in [9.17, 15) is 34.5 Å². The number of carboxylic acid groups (broad SMARTS) is 3. The van der Waals surface area contributed by atoms with Crippen molar-refractivity contribution in [3.63, 3.8) is 0 Å². The molecule has 0 saturated heterocycles. The number of nitrogens with zero attached hydrogens (tertiary/aromatic N) is 2. The van der Waals surface area contributed by atoms with Crippen LogP contribution in [0.15, 0.2) is 0 Å². The van der Waals surface area contributed by atoms with Gasteiger partial charge in [0.1, 0.15) is 0 Å². The number of unbranched alkanes of at least 4 members (excludes halogenated alkanes) is 7. The van der Waals surface area contributed by atoms with E-state index < -0.39 is 37.5 Å². The smallest absolute Gasteiger partial charge is 0.222 e. The second kappa shape index (κ2) is 15.9. The highest BCUT2D eigenvalue weighted by Crippen LogP contribution is 2.10. The van der Waals surface area contributed by atoms with Gasteiger partial charge in [0, 0.05) is 32.6 Å². The van der Waals surface area contributed by atoms with Crippen molar-refractivity contribution < 1.29 is 34.5 Å². The Bertz CT molecular complexity index is 481. The second-order valence-electron chi connectivity index (χ2n) is 6.87. The lowest BCUT2D eigenvalue weighted by atomic mass is 10.1. The number of aliphatic carboxylic acids is 3. The van der Waals surface area contributed by atoms with Gasteiger partial charge in [-0.05, 0) is 6.42 Å². The molecular weight excluding hydrogens is 368 g/mol. The first-order valence-electron chi connectivity index (χ1n) is 9.85. The van der Waals surface area contributed by atoms with Gasteiger partial charge in [-0.2, -0.15) is 0 Å². The maximum absolute atomic E-state index is 12.3. The molecule has 0 N–H and O–H groups in total. The van der Waals surface area contributed by atoms with Gasteiger partial charge >= 0.3 is 0 Å². The molecule has 0 unspecified atom stereocenters. The lowest BCUT2D eigenvalue weighted by Gasteiger charge is -2.28. The molecule has 0 aliphatic rings. The summed E-state index contributed by atoms with van der Waals surface area (Å²) in [5.41, 5.74) is 0. The molecule has 162 valence electrons. The molecule has 0 aromatic heterocycles. The molecule has 0 heterocycles. The van der Waals surface area contributed by atoms with E-state index in [1.807, 2.05) is 0 Å². The summed E-state index contributed by atoms with van der Waals surface area (Å²) in [5.74, 6) is -4.76. The Labute approximate surface area is 166 Å². The fourth-order valence-electron chi connectivity index (χ4n) is 2.86. The van der Waals surface area contributed by atoms with Crippen molar-refractivity contribution in [3.05, 3.63) is 0 Å². The summed E-state index contributed by atoms with van der Waals surface area (Å²) in [4.78, 5) is 46.6. The molecule has 0 aromatic rings. The van der Waals surface area contributed by atoms with E-state index >= 15 is 0 Å². The van der Waals surface area contributed by atoms with E-state index in [4.69, 9.17) is 0 Å². The predicted octanol–water partition coefficient (Wildman–Crippen LogP) is -2.10. The zero-order valence-electron chi connectivity index (χ0n) is 16.7. The summed E-state index contributed by atoms with van der Waals surface area (Å²) < 4.78 is 0. The highest BCUT2D eigenvalue weighted by atomic mass is 16.4. The molecule has 0 spiro atoms. The van der Waals surface area contributed by atoms with Gasteiger partial charge in [0.2, 0.25) is 5.91 Å². The lowest BCUT2D eigenvalue weighted by molar-refractivity contribution is -0.311. The maximum Gasteiger partial charge on any atom is 0.222 e. The van der Waals surface area contributed by atoms with Crippen LogP contribution in [0.2, 0.25) is 0 Å². The van der Waals surface area contributed by atoms with Gasteiger partial charge in [-0.25, -0.2) is 0 Å². The van der Waals surface area contributed by atoms with Gasteiger partial charge in [-0.1, -0.05) is 51.9 Å². The zero-order valence-corrected chi connectivity index (χ0v) is 16.7. The third kappa shape index (κ3) is 15.0. The van der Waals surface area contributed by atoms with Crippen molar-refractivity contribution in [1.82, 2.24) is 9.80 Å². The highest BCUT2D eigenvalue weighted by Gasteiger charge is 2.15. The second-order valence-corrected chi connectivity index (χ2v) is 6.87. The van der Waals surface area contributed by atoms with Crippen molar-refractivity contribution >= 4 is 23.8 Å². The van der Waals surface area contributed by atoms with Crippen LogP contribution in [0.4, 0.5) is 0 Å². The van der Waals surface area contributed by atoms with Crippen LogP contribution in [-0.2, 0) is 19.2 Å². The number of carboxylic acids is 3. The fourth-order valence-corrected chi connectivity index (χ4v) is 2.86. The molecule has 9 heteroatoms. The first kappa shape index (κ1) is 25.8. The minimum Gasteiger partial charge on any atom is -0.549 e. The number of rotatable bonds is 18. The van der Waals surface area contributed by atoms with Gasteiger partial charge in [0.25, 0.3) is 0 Å². The predicted molar refractivity (Wildman–Crippen MR) is 95.3 cm³/mol. The minimum atomic E-state index is -1.47. The topological polar surface area (TPSA) is 144 Å². The Balaban J connectivity index is 4.38. The van der Waals surface area contributed by atoms with Crippen molar-refractivity contribution in [2.45, 2.75) is 64.7 Å². The number of hydrogen-bond acceptors (Lipinski definition) is 8. The van der Waals surface area contributed by atoms with Crippen LogP contribution in [-0.4, -0.2) is 66.3 Å². The largest absolute Gasteiger partial charge is 0.549 e. The Morgan fingerprint density at radius 3 is 1.57 bits per heavy atom. The molecule has 0 saturated carbocycles. The van der Waals surface area contributed by atoms with E-state index in [1.165, 1.54) is 25.7 Å². The molecule has 0 atom stereocenters. The third-order valence-corrected chi connectivity index (χ3v) is 4.31. The summed E-state index contributed by atoms with van der Waals surface area (Å²) in [6.45, 7) is -0.0256. The molecule has 0 bridgehead atoms. The monoisotopic (exact) mass is 399 g/mol. The molecule has 0 aliphatic heterocycles. The standard InChI is InChI=1S/C19H34N2O7/c1-2-3-4-5-6-7-8-9-10-16(22)21(15-19(27)28)12-11-20(13-17(23)24)14-18(25)26/h2-15H2,1H3,(H,23,24)(H,25,26)(H,27,28)/p-3. The highest BCUT2D eigenvalue weighted by molar-refractivity contribution is 5.80. The molecule has 28 heavy (non-hydrogen) atoms. The first-order valence-corrected chi connectivity index (χ1v) is 9.85. The average Bonchev–Trinajstić information content (AvgIpc) is 2.59. The van der Waals surface area contributed by atoms with Gasteiger partial charge in [0.15, 0.2) is 0 Å². The van der Waals surface area contributed by atoms with E-state index in [2.05, 4.69) is 6.92 Å². The van der Waals surface area contributed by atoms with Crippen molar-refractivity contribution in [1.29, 1.82) is 0 Å². The molecular formula is C19H31N2O7-3. The number of amides is 1. The van der Waals surface area contributed by atoms with Crippen LogP contribution in [0.5, 0.6) is 0 Å². The van der Waals surface area contributed by atoms with Crippen molar-refractivity contribution in [2.24, 2.45) is 0 Å². The number of carbonyl (C=O) groups is 4. The summed E-state index contributed by atoms with van der Waals surface area (Å²) in [6.07, 6.45) is 8.62. The van der Waals surface area contributed by atoms with E-state index in [-0.39, 0.29) is 25.4 Å². The molecule has 9 nitrogen and oxygen atoms in total. The van der Waals surface area contributed by atoms with Crippen LogP contribution >= 0.6 is 0 Å². The average molecular weight is 399 g/mol. The van der Waals surface area contributed by atoms with E-state index in [0.717, 1.165) is 29.1 Å². The van der Waals surface area contributed by atoms with Crippen molar-refractivity contribution in [2.75, 3.05) is 32.7 Å². The van der Waals surface area contributed by atoms with Crippen LogP contribution in [0.3, 0.4) is 0 Å². The van der Waals surface area contributed by atoms with Gasteiger partial charge in [-0.3, -0.25) is 9.69 Å². The van der Waals surface area contributed by atoms with Crippen LogP contribution in [0.1, 0.15) is 64.7 Å². The molecule has 0 radical (unpaired) electrons. The molecule has 0 aliphatic carbocycles. The maximum atomic E-state index is 12.3. The third-order valence-electron chi connectivity index (χ3n) is 4.31. The van der Waals surface area contributed by atoms with E-state index in [1.54, 1.807) is 0 Å². The molecule has 0 aromatic carbocycles. The Kier molecular flexibility index (Phi) is 14.6. The Morgan fingerprint density at radius 1 is 0.643 bits per heavy atom. The Hall–Kier alpha value is -2.16. The Morgan fingerprint density at radius 2 is 1.11 bits per heavy atom. The lowest BCUT2D eigenvalue weighted by Crippen LogP contribution is -2.49. The number of hydrogen-bond donors (Lipinski definition) is 0. The SMILES string of the molecule is CCCCCCCCCCC(=O)N(CCN(CC(=O)[O-])CC(=O)[O-])CC(=O)[O-]. The molecule has 0 fully saturated rings. The van der Waals surface area contributed by atoms with E-state index in [0.29, 0.717) is 6.42 Å². The van der Waals surface area contributed by atoms with Gasteiger partial charge in [0.05, 0.1) is 24.5 Å². The van der Waals surface area contributed by atoms with Crippen LogP contribution in [0.25, 0.3) is 0 Å². The normalized spacial score (nSPS) is 10.8. The summed E-state index contributed by atoms with van der Waals surface area (Å²) in [5, 5.41) is 32.3. The minimum absolute atomic E-state index is 0.121. The summed E-state index contributed by atoms with van der Waals surface area (Å²) >= 11 is 0.